The first-order valence-corrected chi connectivity index (χ1v) is 8.23. The fourth-order valence-corrected chi connectivity index (χ4v) is 2.75. The first-order chi connectivity index (χ1) is 12.9. The van der Waals surface area contributed by atoms with Crippen LogP contribution >= 0.6 is 0 Å². The summed E-state index contributed by atoms with van der Waals surface area (Å²) < 4.78 is 4.95. The highest BCUT2D eigenvalue weighted by Crippen LogP contribution is 2.25. The molecule has 2 aromatic rings. The number of aromatic carboxylic acids is 1. The summed E-state index contributed by atoms with van der Waals surface area (Å²) in [5.74, 6) is -0.753. The van der Waals surface area contributed by atoms with Crippen molar-refractivity contribution in [2.45, 2.75) is 19.9 Å². The number of carbonyl (C=O) groups is 2. The van der Waals surface area contributed by atoms with Crippen LogP contribution in [0.15, 0.2) is 24.3 Å². The van der Waals surface area contributed by atoms with Crippen LogP contribution in [-0.4, -0.2) is 40.3 Å². The van der Waals surface area contributed by atoms with Crippen molar-refractivity contribution in [1.29, 1.82) is 5.26 Å². The van der Waals surface area contributed by atoms with E-state index in [0.29, 0.717) is 24.7 Å². The van der Waals surface area contributed by atoms with Crippen LogP contribution < -0.4 is 10.2 Å². The van der Waals surface area contributed by atoms with Gasteiger partial charge in [0.2, 0.25) is 0 Å². The van der Waals surface area contributed by atoms with Crippen LogP contribution in [0.5, 0.6) is 0 Å². The number of carboxylic acid groups (broad SMARTS) is 1. The topological polar surface area (TPSA) is 128 Å². The molecule has 2 aromatic heterocycles. The molecule has 3 heterocycles. The van der Waals surface area contributed by atoms with Gasteiger partial charge >= 0.3 is 12.1 Å². The molecule has 0 aliphatic carbocycles. The number of nitrogens with one attached hydrogen (secondary N) is 1. The average Bonchev–Trinajstić information content (AvgIpc) is 3.07. The van der Waals surface area contributed by atoms with E-state index in [4.69, 9.17) is 10.00 Å². The molecule has 1 fully saturated rings. The van der Waals surface area contributed by atoms with Gasteiger partial charge in [-0.05, 0) is 43.7 Å². The molecule has 9 nitrogen and oxygen atoms in total. The molecule has 2 N–H and O–H groups in total. The van der Waals surface area contributed by atoms with Crippen LogP contribution in [-0.2, 0) is 4.74 Å². The first kappa shape index (κ1) is 18.1. The number of hydrogen-bond acceptors (Lipinski definition) is 7. The smallest absolute Gasteiger partial charge is 0.415 e. The van der Waals surface area contributed by atoms with Gasteiger partial charge in [0.1, 0.15) is 24.2 Å². The molecule has 138 valence electrons. The Kier molecular flexibility index (Phi) is 4.90. The summed E-state index contributed by atoms with van der Waals surface area (Å²) in [5.41, 5.74) is 1.59. The van der Waals surface area contributed by atoms with Crippen LogP contribution in [0.25, 0.3) is 0 Å². The van der Waals surface area contributed by atoms with Crippen molar-refractivity contribution in [3.63, 3.8) is 0 Å². The Hall–Kier alpha value is -3.67. The van der Waals surface area contributed by atoms with Crippen LogP contribution in [0.4, 0.5) is 16.3 Å². The lowest BCUT2D eigenvalue weighted by atomic mass is 10.1. The molecule has 3 rings (SSSR count). The zero-order valence-electron chi connectivity index (χ0n) is 14.8. The van der Waals surface area contributed by atoms with Crippen LogP contribution in [0, 0.1) is 18.3 Å². The molecule has 27 heavy (non-hydrogen) atoms. The summed E-state index contributed by atoms with van der Waals surface area (Å²) in [6.07, 6.45) is -0.441. The van der Waals surface area contributed by atoms with Gasteiger partial charge in [0.25, 0.3) is 0 Å². The molecule has 0 radical (unpaired) electrons. The molecule has 1 unspecified atom stereocenters. The second-order valence-corrected chi connectivity index (χ2v) is 6.07. The number of aryl methyl sites for hydroxylation is 1. The zero-order valence-corrected chi connectivity index (χ0v) is 14.8. The number of cyclic esters (lactones) is 1. The van der Waals surface area contributed by atoms with E-state index in [1.807, 2.05) is 26.0 Å². The lowest BCUT2D eigenvalue weighted by molar-refractivity contribution is 0.0691. The molecule has 1 amide bonds. The van der Waals surface area contributed by atoms with E-state index >= 15 is 0 Å². The number of ether oxygens (including phenoxy) is 1. The Bertz CT molecular complexity index is 953. The Morgan fingerprint density at radius 2 is 2.19 bits per heavy atom. The van der Waals surface area contributed by atoms with Gasteiger partial charge in [-0.1, -0.05) is 0 Å². The Morgan fingerprint density at radius 1 is 1.41 bits per heavy atom. The number of nitrogens with zero attached hydrogens (tertiary/aromatic N) is 4. The third-order valence-electron chi connectivity index (χ3n) is 4.04. The molecule has 1 aliphatic heterocycles. The third kappa shape index (κ3) is 3.79. The van der Waals surface area contributed by atoms with Crippen molar-refractivity contribution in [3.8, 4) is 6.07 Å². The number of anilines is 2. The molecule has 0 bridgehead atoms. The van der Waals surface area contributed by atoms with Crippen molar-refractivity contribution in [2.75, 3.05) is 23.4 Å². The monoisotopic (exact) mass is 367 g/mol. The maximum Gasteiger partial charge on any atom is 0.415 e. The summed E-state index contributed by atoms with van der Waals surface area (Å²) >= 11 is 0. The highest BCUT2D eigenvalue weighted by Gasteiger charge is 2.26. The minimum Gasteiger partial charge on any atom is -0.476 e. The van der Waals surface area contributed by atoms with Gasteiger partial charge in [-0.15, -0.1) is 0 Å². The van der Waals surface area contributed by atoms with Gasteiger partial charge in [0.15, 0.2) is 5.69 Å². The van der Waals surface area contributed by atoms with Crippen LogP contribution in [0.3, 0.4) is 0 Å². The number of rotatable bonds is 5. The second-order valence-electron chi connectivity index (χ2n) is 6.07. The number of carbonyl (C=O) groups excluding carboxylic acids is 1. The summed E-state index contributed by atoms with van der Waals surface area (Å²) in [6.45, 7) is 4.45. The highest BCUT2D eigenvalue weighted by atomic mass is 16.6. The minimum absolute atomic E-state index is 0.0223. The predicted octanol–water partition coefficient (Wildman–Crippen LogP) is 2.48. The molecule has 0 saturated carbocycles. The van der Waals surface area contributed by atoms with Crippen molar-refractivity contribution in [1.82, 2.24) is 9.97 Å². The quantitative estimate of drug-likeness (QED) is 0.825. The van der Waals surface area contributed by atoms with E-state index in [1.54, 1.807) is 6.07 Å². The number of amides is 1. The lowest BCUT2D eigenvalue weighted by Crippen LogP contribution is -2.25. The normalized spacial score (nSPS) is 14.4. The molecular formula is C18H17N5O4. The second kappa shape index (κ2) is 7.29. The largest absolute Gasteiger partial charge is 0.476 e. The molecule has 0 spiro atoms. The first-order valence-electron chi connectivity index (χ1n) is 8.23. The molecule has 0 aromatic carbocycles. The van der Waals surface area contributed by atoms with E-state index in [0.717, 1.165) is 5.56 Å². The Labute approximate surface area is 155 Å². The fourth-order valence-electron chi connectivity index (χ4n) is 2.75. The number of carboxylic acids is 1. The maximum atomic E-state index is 11.8. The summed E-state index contributed by atoms with van der Waals surface area (Å²) in [4.78, 5) is 33.0. The molecule has 1 aliphatic rings. The SMILES string of the molecule is Cc1cc(C(C)Nc2ccc(C#N)nc2C(=O)O)nc(N2CCOC2=O)c1. The lowest BCUT2D eigenvalue weighted by Gasteiger charge is -2.19. The summed E-state index contributed by atoms with van der Waals surface area (Å²) in [6, 6.07) is 8.03. The Balaban J connectivity index is 1.90. The Morgan fingerprint density at radius 3 is 2.81 bits per heavy atom. The van der Waals surface area contributed by atoms with Crippen molar-refractivity contribution in [2.24, 2.45) is 0 Å². The van der Waals surface area contributed by atoms with Gasteiger partial charge in [-0.25, -0.2) is 19.6 Å². The fraction of sp³-hybridized carbons (Fsp3) is 0.278. The highest BCUT2D eigenvalue weighted by molar-refractivity contribution is 5.92. The zero-order chi connectivity index (χ0) is 19.6. The standard InChI is InChI=1S/C18H17N5O4/c1-10-7-14(22-15(8-10)23-5-6-27-18(23)26)11(2)20-13-4-3-12(9-19)21-16(13)17(24)25/h3-4,7-8,11,20H,5-6H2,1-2H3,(H,24,25). The summed E-state index contributed by atoms with van der Waals surface area (Å²) in [5, 5.41) is 21.3. The van der Waals surface area contributed by atoms with Crippen LogP contribution in [0.2, 0.25) is 0 Å². The van der Waals surface area contributed by atoms with Crippen molar-refractivity contribution in [3.05, 3.63) is 46.9 Å². The maximum absolute atomic E-state index is 11.8. The molecule has 9 heteroatoms. The van der Waals surface area contributed by atoms with E-state index in [2.05, 4.69) is 15.3 Å². The summed E-state index contributed by atoms with van der Waals surface area (Å²) in [7, 11) is 0. The molecule has 1 saturated heterocycles. The van der Waals surface area contributed by atoms with Crippen molar-refractivity contribution >= 4 is 23.6 Å². The minimum atomic E-state index is -1.24. The van der Waals surface area contributed by atoms with Gasteiger partial charge in [-0.3, -0.25) is 4.90 Å². The molecule has 1 atom stereocenters. The van der Waals surface area contributed by atoms with E-state index in [1.165, 1.54) is 17.0 Å². The number of hydrogen-bond donors (Lipinski definition) is 2. The number of pyridine rings is 2. The molecular weight excluding hydrogens is 350 g/mol. The van der Waals surface area contributed by atoms with Crippen LogP contribution in [0.1, 0.15) is 40.4 Å². The van der Waals surface area contributed by atoms with E-state index < -0.39 is 12.1 Å². The van der Waals surface area contributed by atoms with E-state index in [-0.39, 0.29) is 23.1 Å². The third-order valence-corrected chi connectivity index (χ3v) is 4.04. The predicted molar refractivity (Wildman–Crippen MR) is 95.6 cm³/mol. The average molecular weight is 367 g/mol. The van der Waals surface area contributed by atoms with E-state index in [9.17, 15) is 14.7 Å². The van der Waals surface area contributed by atoms with Crippen molar-refractivity contribution < 1.29 is 19.4 Å². The van der Waals surface area contributed by atoms with Gasteiger partial charge in [0.05, 0.1) is 24.0 Å². The van der Waals surface area contributed by atoms with Gasteiger partial charge in [-0.2, -0.15) is 5.26 Å². The number of aromatic nitrogens is 2. The van der Waals surface area contributed by atoms with Gasteiger partial charge in [0, 0.05) is 0 Å². The van der Waals surface area contributed by atoms with Gasteiger partial charge < -0.3 is 15.2 Å². The number of nitriles is 1.